The van der Waals surface area contributed by atoms with Crippen LogP contribution in [0.3, 0.4) is 0 Å². The van der Waals surface area contributed by atoms with Gasteiger partial charge in [0.05, 0.1) is 40.1 Å². The predicted octanol–water partition coefficient (Wildman–Crippen LogP) is 6.12. The van der Waals surface area contributed by atoms with Crippen molar-refractivity contribution in [2.75, 3.05) is 11.4 Å². The Kier molecular flexibility index (Phi) is 6.22. The van der Waals surface area contributed by atoms with Crippen molar-refractivity contribution in [3.8, 4) is 5.69 Å². The Morgan fingerprint density at radius 3 is 2.54 bits per heavy atom. The number of alkyl halides is 3. The first-order chi connectivity index (χ1) is 17.9. The molecule has 4 aromatic rings. The van der Waals surface area contributed by atoms with Gasteiger partial charge in [0.2, 0.25) is 5.95 Å². The Labute approximate surface area is 215 Å². The standard InChI is InChI=1S/C27H26F3N5OS/c28-27(29,30)17-11-12-22-23(15-17)32-25(31-22)34-14-13-21-20(16-34)24(36)35(18-7-3-1-4-8-18)26(33-21)37-19-9-5-2-6-10-19/h1,3-4,7-8,11-12,15,19H,2,5-6,9-10,13-14,16H2,(H,31,32). The van der Waals surface area contributed by atoms with Gasteiger partial charge < -0.3 is 9.88 Å². The summed E-state index contributed by atoms with van der Waals surface area (Å²) >= 11 is 1.70. The lowest BCUT2D eigenvalue weighted by Crippen LogP contribution is -2.38. The summed E-state index contributed by atoms with van der Waals surface area (Å²) in [7, 11) is 0. The predicted molar refractivity (Wildman–Crippen MR) is 138 cm³/mol. The van der Waals surface area contributed by atoms with Crippen LogP contribution in [0.4, 0.5) is 19.1 Å². The molecule has 0 amide bonds. The van der Waals surface area contributed by atoms with Crippen molar-refractivity contribution in [3.63, 3.8) is 0 Å². The number of nitrogens with one attached hydrogen (secondary N) is 1. The molecule has 0 radical (unpaired) electrons. The number of rotatable bonds is 4. The summed E-state index contributed by atoms with van der Waals surface area (Å²) in [5, 5.41) is 1.18. The number of hydrogen-bond donors (Lipinski definition) is 1. The van der Waals surface area contributed by atoms with Crippen molar-refractivity contribution >= 4 is 28.7 Å². The van der Waals surface area contributed by atoms with E-state index in [9.17, 15) is 18.0 Å². The molecular formula is C27H26F3N5OS. The average Bonchev–Trinajstić information content (AvgIpc) is 3.33. The van der Waals surface area contributed by atoms with Crippen molar-refractivity contribution in [1.29, 1.82) is 0 Å². The molecule has 0 saturated heterocycles. The van der Waals surface area contributed by atoms with E-state index in [4.69, 9.17) is 4.98 Å². The van der Waals surface area contributed by atoms with Crippen LogP contribution in [-0.4, -0.2) is 31.3 Å². The highest BCUT2D eigenvalue weighted by atomic mass is 32.2. The number of nitrogens with zero attached hydrogens (tertiary/aromatic N) is 4. The average molecular weight is 526 g/mol. The van der Waals surface area contributed by atoms with Crippen molar-refractivity contribution in [3.05, 3.63) is 75.7 Å². The van der Waals surface area contributed by atoms with Gasteiger partial charge >= 0.3 is 6.18 Å². The van der Waals surface area contributed by atoms with E-state index in [1.807, 2.05) is 35.2 Å². The molecule has 2 aromatic heterocycles. The van der Waals surface area contributed by atoms with Gasteiger partial charge in [-0.15, -0.1) is 0 Å². The molecule has 2 aromatic carbocycles. The van der Waals surface area contributed by atoms with Gasteiger partial charge in [-0.2, -0.15) is 13.2 Å². The van der Waals surface area contributed by atoms with Crippen LogP contribution in [0.25, 0.3) is 16.7 Å². The summed E-state index contributed by atoms with van der Waals surface area (Å²) in [5.41, 5.74) is 2.11. The van der Waals surface area contributed by atoms with E-state index in [1.165, 1.54) is 25.3 Å². The highest BCUT2D eigenvalue weighted by Gasteiger charge is 2.31. The number of aromatic amines is 1. The number of H-pyrrole nitrogens is 1. The van der Waals surface area contributed by atoms with Crippen LogP contribution in [0, 0.1) is 0 Å². The lowest BCUT2D eigenvalue weighted by atomic mass is 10.0. The second-order valence-corrected chi connectivity index (χ2v) is 10.9. The third-order valence-corrected chi connectivity index (χ3v) is 8.42. The highest BCUT2D eigenvalue weighted by Crippen LogP contribution is 2.35. The molecule has 3 heterocycles. The SMILES string of the molecule is O=c1c2c(nc(SC3CCCCC3)n1-c1ccccc1)CCN(c1nc3ccc(C(F)(F)F)cc3[nH]1)C2. The van der Waals surface area contributed by atoms with Crippen LogP contribution in [0.2, 0.25) is 0 Å². The maximum absolute atomic E-state index is 13.9. The van der Waals surface area contributed by atoms with Gasteiger partial charge in [0, 0.05) is 18.2 Å². The number of aromatic nitrogens is 4. The van der Waals surface area contributed by atoms with E-state index in [2.05, 4.69) is 9.97 Å². The smallest absolute Gasteiger partial charge is 0.337 e. The summed E-state index contributed by atoms with van der Waals surface area (Å²) < 4.78 is 41.2. The fourth-order valence-electron chi connectivity index (χ4n) is 5.17. The quantitative estimate of drug-likeness (QED) is 0.326. The Balaban J connectivity index is 1.36. The lowest BCUT2D eigenvalue weighted by Gasteiger charge is -2.29. The Morgan fingerprint density at radius 1 is 1.00 bits per heavy atom. The molecule has 1 fully saturated rings. The van der Waals surface area contributed by atoms with E-state index in [0.717, 1.165) is 41.5 Å². The summed E-state index contributed by atoms with van der Waals surface area (Å²) in [6.07, 6.45) is 2.05. The number of para-hydroxylation sites is 1. The zero-order valence-corrected chi connectivity index (χ0v) is 20.9. The van der Waals surface area contributed by atoms with Gasteiger partial charge in [-0.05, 0) is 43.2 Å². The van der Waals surface area contributed by atoms with Gasteiger partial charge in [-0.25, -0.2) is 9.97 Å². The van der Waals surface area contributed by atoms with Crippen molar-refractivity contribution in [2.45, 2.75) is 61.7 Å². The number of halogens is 3. The monoisotopic (exact) mass is 525 g/mol. The van der Waals surface area contributed by atoms with E-state index in [-0.39, 0.29) is 12.1 Å². The molecule has 1 aliphatic heterocycles. The number of anilines is 1. The Hall–Kier alpha value is -3.27. The lowest BCUT2D eigenvalue weighted by molar-refractivity contribution is -0.137. The molecule has 0 bridgehead atoms. The summed E-state index contributed by atoms with van der Waals surface area (Å²) in [5.74, 6) is 0.450. The normalized spacial score (nSPS) is 16.8. The van der Waals surface area contributed by atoms with Gasteiger partial charge in [-0.3, -0.25) is 9.36 Å². The third-order valence-electron chi connectivity index (χ3n) is 7.13. The third kappa shape index (κ3) is 4.74. The van der Waals surface area contributed by atoms with E-state index < -0.39 is 11.7 Å². The van der Waals surface area contributed by atoms with Crippen LogP contribution in [0.5, 0.6) is 0 Å². The number of benzene rings is 2. The maximum atomic E-state index is 13.9. The number of hydrogen-bond acceptors (Lipinski definition) is 5. The molecule has 37 heavy (non-hydrogen) atoms. The minimum Gasteiger partial charge on any atom is -0.337 e. The highest BCUT2D eigenvalue weighted by molar-refractivity contribution is 7.99. The van der Waals surface area contributed by atoms with E-state index in [0.29, 0.717) is 40.8 Å². The molecule has 0 spiro atoms. The fourth-order valence-corrected chi connectivity index (χ4v) is 6.50. The first-order valence-electron chi connectivity index (χ1n) is 12.6. The molecule has 192 valence electrons. The van der Waals surface area contributed by atoms with Crippen LogP contribution in [0.1, 0.15) is 48.9 Å². The second-order valence-electron chi connectivity index (χ2n) is 9.64. The first-order valence-corrected chi connectivity index (χ1v) is 13.4. The van der Waals surface area contributed by atoms with Crippen LogP contribution < -0.4 is 10.5 Å². The summed E-state index contributed by atoms with van der Waals surface area (Å²) in [4.78, 5) is 28.3. The zero-order valence-electron chi connectivity index (χ0n) is 20.1. The topological polar surface area (TPSA) is 66.8 Å². The van der Waals surface area contributed by atoms with E-state index >= 15 is 0 Å². The Bertz CT molecular complexity index is 1490. The molecule has 0 unspecified atom stereocenters. The summed E-state index contributed by atoms with van der Waals surface area (Å²) in [6, 6.07) is 13.0. The number of imidazole rings is 1. The van der Waals surface area contributed by atoms with Crippen molar-refractivity contribution in [2.24, 2.45) is 0 Å². The molecule has 6 nitrogen and oxygen atoms in total. The zero-order chi connectivity index (χ0) is 25.6. The number of thioether (sulfide) groups is 1. The van der Waals surface area contributed by atoms with Crippen LogP contribution in [-0.2, 0) is 19.1 Å². The molecule has 1 aliphatic carbocycles. The first kappa shape index (κ1) is 24.1. The fraction of sp³-hybridized carbons (Fsp3) is 0.370. The molecule has 0 atom stereocenters. The minimum absolute atomic E-state index is 0.102. The van der Waals surface area contributed by atoms with Crippen LogP contribution in [0.15, 0.2) is 58.5 Å². The van der Waals surface area contributed by atoms with Gasteiger partial charge in [0.1, 0.15) is 0 Å². The van der Waals surface area contributed by atoms with Crippen molar-refractivity contribution in [1.82, 2.24) is 19.5 Å². The maximum Gasteiger partial charge on any atom is 0.416 e. The largest absolute Gasteiger partial charge is 0.416 e. The molecule has 1 N–H and O–H groups in total. The number of fused-ring (bicyclic) bond motifs is 2. The minimum atomic E-state index is -4.43. The summed E-state index contributed by atoms with van der Waals surface area (Å²) in [6.45, 7) is 0.850. The van der Waals surface area contributed by atoms with Crippen LogP contribution >= 0.6 is 11.8 Å². The van der Waals surface area contributed by atoms with Crippen molar-refractivity contribution < 1.29 is 13.2 Å². The molecular weight excluding hydrogens is 499 g/mol. The molecule has 1 saturated carbocycles. The second kappa shape index (κ2) is 9.55. The van der Waals surface area contributed by atoms with Gasteiger partial charge in [0.15, 0.2) is 5.16 Å². The van der Waals surface area contributed by atoms with E-state index in [1.54, 1.807) is 16.3 Å². The molecule has 2 aliphatic rings. The van der Waals surface area contributed by atoms with Gasteiger partial charge in [0.25, 0.3) is 5.56 Å². The molecule has 10 heteroatoms. The molecule has 6 rings (SSSR count). The Morgan fingerprint density at radius 2 is 1.78 bits per heavy atom. The van der Waals surface area contributed by atoms with Gasteiger partial charge in [-0.1, -0.05) is 49.2 Å².